The zero-order valence-corrected chi connectivity index (χ0v) is 11.1. The molecule has 0 bridgehead atoms. The first-order valence-electron chi connectivity index (χ1n) is 6.48. The van der Waals surface area contributed by atoms with Crippen LogP contribution in [0, 0.1) is 0 Å². The summed E-state index contributed by atoms with van der Waals surface area (Å²) in [6, 6.07) is 14.8. The summed E-state index contributed by atoms with van der Waals surface area (Å²) in [6.45, 7) is 4.79. The Morgan fingerprint density at radius 2 is 1.84 bits per heavy atom. The molecule has 0 saturated carbocycles. The van der Waals surface area contributed by atoms with Crippen LogP contribution in [0.1, 0.15) is 31.2 Å². The van der Waals surface area contributed by atoms with E-state index in [-0.39, 0.29) is 0 Å². The van der Waals surface area contributed by atoms with Crippen LogP contribution in [0.4, 0.5) is 0 Å². The van der Waals surface area contributed by atoms with E-state index >= 15 is 0 Å². The minimum atomic E-state index is 0.311. The van der Waals surface area contributed by atoms with E-state index in [1.807, 2.05) is 0 Å². The van der Waals surface area contributed by atoms with Gasteiger partial charge in [0.05, 0.1) is 6.54 Å². The van der Waals surface area contributed by atoms with Crippen LogP contribution < -0.4 is 0 Å². The van der Waals surface area contributed by atoms with Gasteiger partial charge >= 0.3 is 0 Å². The topological polar surface area (TPSA) is 43.6 Å². The molecule has 0 saturated heterocycles. The smallest absolute Gasteiger partial charge is 0.160 e. The van der Waals surface area contributed by atoms with Gasteiger partial charge in [0, 0.05) is 5.92 Å². The third kappa shape index (κ3) is 2.47. The van der Waals surface area contributed by atoms with Crippen LogP contribution >= 0.6 is 0 Å². The number of rotatable bonds is 3. The van der Waals surface area contributed by atoms with Crippen LogP contribution in [0.2, 0.25) is 0 Å². The van der Waals surface area contributed by atoms with Gasteiger partial charge in [0.1, 0.15) is 0 Å². The second-order valence-electron chi connectivity index (χ2n) is 5.01. The normalized spacial score (nSPS) is 11.3. The molecule has 96 valence electrons. The SMILES string of the molecule is CC(C)c1nnn(Cc2ccc3ccccc3c2)n1. The molecule has 0 fully saturated rings. The molecule has 0 aliphatic rings. The van der Waals surface area contributed by atoms with E-state index < -0.39 is 0 Å². The molecule has 1 aromatic heterocycles. The summed E-state index contributed by atoms with van der Waals surface area (Å²) < 4.78 is 0. The fourth-order valence-electron chi connectivity index (χ4n) is 2.05. The van der Waals surface area contributed by atoms with Crippen molar-refractivity contribution in [1.82, 2.24) is 20.2 Å². The van der Waals surface area contributed by atoms with Gasteiger partial charge in [0.25, 0.3) is 0 Å². The summed E-state index contributed by atoms with van der Waals surface area (Å²) in [5, 5.41) is 15.0. The predicted octanol–water partition coefficient (Wildman–Crippen LogP) is 3.00. The van der Waals surface area contributed by atoms with Crippen molar-refractivity contribution < 1.29 is 0 Å². The van der Waals surface area contributed by atoms with E-state index in [0.717, 1.165) is 5.82 Å². The highest BCUT2D eigenvalue weighted by atomic mass is 15.6. The van der Waals surface area contributed by atoms with E-state index in [2.05, 4.69) is 71.7 Å². The maximum absolute atomic E-state index is 4.38. The Balaban J connectivity index is 1.87. The molecule has 0 radical (unpaired) electrons. The maximum Gasteiger partial charge on any atom is 0.177 e. The molecular formula is C15H16N4. The van der Waals surface area contributed by atoms with Gasteiger partial charge < -0.3 is 0 Å². The summed E-state index contributed by atoms with van der Waals surface area (Å²) in [5.74, 6) is 1.10. The molecule has 3 aromatic rings. The molecule has 1 heterocycles. The molecular weight excluding hydrogens is 236 g/mol. The van der Waals surface area contributed by atoms with Gasteiger partial charge in [-0.1, -0.05) is 50.2 Å². The van der Waals surface area contributed by atoms with Crippen molar-refractivity contribution in [3.8, 4) is 0 Å². The van der Waals surface area contributed by atoms with Crippen molar-refractivity contribution in [3.05, 3.63) is 53.9 Å². The fourth-order valence-corrected chi connectivity index (χ4v) is 2.05. The summed E-state index contributed by atoms with van der Waals surface area (Å²) in [5.41, 5.74) is 1.19. The summed E-state index contributed by atoms with van der Waals surface area (Å²) >= 11 is 0. The van der Waals surface area contributed by atoms with E-state index in [4.69, 9.17) is 0 Å². The van der Waals surface area contributed by atoms with Crippen molar-refractivity contribution in [3.63, 3.8) is 0 Å². The number of aromatic nitrogens is 4. The fraction of sp³-hybridized carbons (Fsp3) is 0.267. The Hall–Kier alpha value is -2.23. The van der Waals surface area contributed by atoms with E-state index in [1.165, 1.54) is 16.3 Å². The van der Waals surface area contributed by atoms with E-state index in [1.54, 1.807) is 4.80 Å². The van der Waals surface area contributed by atoms with Crippen molar-refractivity contribution in [2.75, 3.05) is 0 Å². The van der Waals surface area contributed by atoms with Crippen LogP contribution in [0.3, 0.4) is 0 Å². The molecule has 2 aromatic carbocycles. The van der Waals surface area contributed by atoms with Crippen LogP contribution in [-0.2, 0) is 6.54 Å². The third-order valence-electron chi connectivity index (χ3n) is 3.12. The lowest BCUT2D eigenvalue weighted by Crippen LogP contribution is -2.04. The number of benzene rings is 2. The van der Waals surface area contributed by atoms with Gasteiger partial charge in [-0.3, -0.25) is 0 Å². The van der Waals surface area contributed by atoms with E-state index in [9.17, 15) is 0 Å². The van der Waals surface area contributed by atoms with Crippen molar-refractivity contribution in [1.29, 1.82) is 0 Å². The third-order valence-corrected chi connectivity index (χ3v) is 3.12. The molecule has 19 heavy (non-hydrogen) atoms. The second kappa shape index (κ2) is 4.80. The molecule has 4 nitrogen and oxygen atoms in total. The second-order valence-corrected chi connectivity index (χ2v) is 5.01. The number of tetrazole rings is 1. The first kappa shape index (κ1) is 11.8. The highest BCUT2D eigenvalue weighted by Crippen LogP contribution is 2.16. The average Bonchev–Trinajstić information content (AvgIpc) is 2.87. The molecule has 0 aliphatic heterocycles. The lowest BCUT2D eigenvalue weighted by Gasteiger charge is -2.02. The van der Waals surface area contributed by atoms with Crippen LogP contribution in [-0.4, -0.2) is 20.2 Å². The molecule has 0 spiro atoms. The van der Waals surface area contributed by atoms with Crippen LogP contribution in [0.5, 0.6) is 0 Å². The molecule has 0 atom stereocenters. The maximum atomic E-state index is 4.38. The number of fused-ring (bicyclic) bond motifs is 1. The van der Waals surface area contributed by atoms with Crippen LogP contribution in [0.25, 0.3) is 10.8 Å². The molecule has 0 unspecified atom stereocenters. The number of nitrogens with zero attached hydrogens (tertiary/aromatic N) is 4. The number of hydrogen-bond acceptors (Lipinski definition) is 3. The van der Waals surface area contributed by atoms with Gasteiger partial charge in [-0.05, 0) is 27.6 Å². The Labute approximate surface area is 112 Å². The Kier molecular flexibility index (Phi) is 2.99. The predicted molar refractivity (Wildman–Crippen MR) is 75.0 cm³/mol. The highest BCUT2D eigenvalue weighted by molar-refractivity contribution is 5.82. The molecule has 4 heteroatoms. The Morgan fingerprint density at radius 3 is 2.58 bits per heavy atom. The minimum absolute atomic E-state index is 0.311. The highest BCUT2D eigenvalue weighted by Gasteiger charge is 2.07. The summed E-state index contributed by atoms with van der Waals surface area (Å²) in [4.78, 5) is 1.65. The first-order valence-corrected chi connectivity index (χ1v) is 6.48. The first-order chi connectivity index (χ1) is 9.22. The van der Waals surface area contributed by atoms with Gasteiger partial charge in [-0.25, -0.2) is 0 Å². The Bertz CT molecular complexity index is 700. The summed E-state index contributed by atoms with van der Waals surface area (Å²) in [6.07, 6.45) is 0. The quantitative estimate of drug-likeness (QED) is 0.719. The molecule has 0 aliphatic carbocycles. The van der Waals surface area contributed by atoms with Crippen molar-refractivity contribution in [2.24, 2.45) is 0 Å². The molecule has 3 rings (SSSR count). The number of hydrogen-bond donors (Lipinski definition) is 0. The standard InChI is InChI=1S/C15H16N4/c1-11(2)15-16-18-19(17-15)10-12-7-8-13-5-3-4-6-14(13)9-12/h3-9,11H,10H2,1-2H3. The van der Waals surface area contributed by atoms with Gasteiger partial charge in [0.2, 0.25) is 0 Å². The zero-order chi connectivity index (χ0) is 13.2. The molecule has 0 amide bonds. The van der Waals surface area contributed by atoms with Crippen molar-refractivity contribution in [2.45, 2.75) is 26.3 Å². The minimum Gasteiger partial charge on any atom is -0.160 e. The van der Waals surface area contributed by atoms with Gasteiger partial charge in [-0.15, -0.1) is 10.2 Å². The monoisotopic (exact) mass is 252 g/mol. The lowest BCUT2D eigenvalue weighted by molar-refractivity contribution is 0.569. The van der Waals surface area contributed by atoms with Gasteiger partial charge in [0.15, 0.2) is 5.82 Å². The zero-order valence-electron chi connectivity index (χ0n) is 11.1. The Morgan fingerprint density at radius 1 is 1.05 bits per heavy atom. The van der Waals surface area contributed by atoms with Crippen molar-refractivity contribution >= 4 is 10.8 Å². The average molecular weight is 252 g/mol. The summed E-state index contributed by atoms with van der Waals surface area (Å²) in [7, 11) is 0. The largest absolute Gasteiger partial charge is 0.177 e. The van der Waals surface area contributed by atoms with Crippen LogP contribution in [0.15, 0.2) is 42.5 Å². The lowest BCUT2D eigenvalue weighted by atomic mass is 10.1. The van der Waals surface area contributed by atoms with E-state index in [0.29, 0.717) is 12.5 Å². The van der Waals surface area contributed by atoms with Gasteiger partial charge in [-0.2, -0.15) is 4.80 Å². The molecule has 0 N–H and O–H groups in total.